The number of amides is 2. The highest BCUT2D eigenvalue weighted by Gasteiger charge is 2.60. The van der Waals surface area contributed by atoms with Gasteiger partial charge in [0.15, 0.2) is 0 Å². The number of pyridine rings is 1. The van der Waals surface area contributed by atoms with E-state index in [1.54, 1.807) is 24.4 Å². The van der Waals surface area contributed by atoms with Gasteiger partial charge in [-0.15, -0.1) is 0 Å². The lowest BCUT2D eigenvalue weighted by atomic mass is 9.98. The molecule has 0 saturated heterocycles. The summed E-state index contributed by atoms with van der Waals surface area (Å²) in [6.45, 7) is 0. The second-order valence-electron chi connectivity index (χ2n) is 10.5. The molecule has 0 bridgehead atoms. The van der Waals surface area contributed by atoms with E-state index >= 15 is 0 Å². The topological polar surface area (TPSA) is 116 Å². The van der Waals surface area contributed by atoms with Crippen LogP contribution in [0.4, 0.5) is 19.0 Å². The van der Waals surface area contributed by atoms with E-state index in [-0.39, 0.29) is 29.5 Å². The Morgan fingerprint density at radius 2 is 1.97 bits per heavy atom. The molecule has 39 heavy (non-hydrogen) atoms. The number of nitrogens with zero attached hydrogens (tertiary/aromatic N) is 1. The highest BCUT2D eigenvalue weighted by molar-refractivity contribution is 5.95. The minimum absolute atomic E-state index is 0.0756. The molecule has 2 saturated carbocycles. The maximum absolute atomic E-state index is 13.5. The van der Waals surface area contributed by atoms with Crippen LogP contribution in [0, 0.1) is 0 Å². The summed E-state index contributed by atoms with van der Waals surface area (Å²) in [6.07, 6.45) is -1.32. The number of nitrogens with one attached hydrogen (secondary N) is 2. The zero-order chi connectivity index (χ0) is 27.1. The van der Waals surface area contributed by atoms with Gasteiger partial charge in [-0.2, -0.15) is 13.2 Å². The molecule has 2 amide bonds. The van der Waals surface area contributed by atoms with Crippen LogP contribution in [0.3, 0.4) is 0 Å². The second-order valence-corrected chi connectivity index (χ2v) is 10.5. The first-order valence-electron chi connectivity index (χ1n) is 12.7. The molecule has 2 aromatic carbocycles. The van der Waals surface area contributed by atoms with Gasteiger partial charge in [0, 0.05) is 34.8 Å². The molecule has 3 atom stereocenters. The molecule has 0 spiro atoms. The van der Waals surface area contributed by atoms with Crippen molar-refractivity contribution in [3.8, 4) is 17.2 Å². The van der Waals surface area contributed by atoms with Crippen molar-refractivity contribution >= 4 is 17.6 Å². The molecule has 200 valence electrons. The fourth-order valence-electron chi connectivity index (χ4n) is 5.42. The van der Waals surface area contributed by atoms with Crippen LogP contribution in [0.5, 0.6) is 17.2 Å². The standard InChI is InChI=1S/C28H23F3N4O4/c29-28(30,31)15-10-13(9-14(11-15)27(32)6-7-27)26(37)35-23-22-18-12-16(1-3-19(18)39-24(22)23)38-20-5-8-33-25-17(20)2-4-21(36)34-25/h1,3,5,8-12,22-24H,2,4,6-7,32H2,(H,35,37)(H,33,34,36)/t22-,23?,24-/m0/s1. The Kier molecular flexibility index (Phi) is 5.03. The summed E-state index contributed by atoms with van der Waals surface area (Å²) in [7, 11) is 0. The van der Waals surface area contributed by atoms with E-state index in [2.05, 4.69) is 15.6 Å². The number of anilines is 1. The number of carbonyl (C=O) groups is 2. The molecular formula is C28H23F3N4O4. The number of alkyl halides is 3. The van der Waals surface area contributed by atoms with Gasteiger partial charge < -0.3 is 25.8 Å². The van der Waals surface area contributed by atoms with Gasteiger partial charge in [0.2, 0.25) is 5.91 Å². The summed E-state index contributed by atoms with van der Waals surface area (Å²) < 4.78 is 52.7. The number of nitrogens with two attached hydrogens (primary N) is 1. The molecule has 0 radical (unpaired) electrons. The van der Waals surface area contributed by atoms with E-state index in [1.165, 1.54) is 6.07 Å². The van der Waals surface area contributed by atoms with Crippen LogP contribution in [0.25, 0.3) is 0 Å². The summed E-state index contributed by atoms with van der Waals surface area (Å²) in [5.41, 5.74) is 6.35. The molecule has 2 aliphatic carbocycles. The van der Waals surface area contributed by atoms with Gasteiger partial charge in [0.05, 0.1) is 17.5 Å². The summed E-state index contributed by atoms with van der Waals surface area (Å²) in [4.78, 5) is 29.0. The number of fused-ring (bicyclic) bond motifs is 4. The highest BCUT2D eigenvalue weighted by Crippen LogP contribution is 2.55. The fourth-order valence-corrected chi connectivity index (χ4v) is 5.42. The summed E-state index contributed by atoms with van der Waals surface area (Å²) in [5, 5.41) is 5.59. The van der Waals surface area contributed by atoms with Gasteiger partial charge in [-0.3, -0.25) is 9.59 Å². The zero-order valence-corrected chi connectivity index (χ0v) is 20.5. The third kappa shape index (κ3) is 4.17. The number of hydrogen-bond acceptors (Lipinski definition) is 6. The maximum atomic E-state index is 13.5. The average Bonchev–Trinajstić information content (AvgIpc) is 3.77. The second kappa shape index (κ2) is 8.19. The normalized spacial score (nSPS) is 23.5. The molecule has 4 N–H and O–H groups in total. The molecule has 11 heteroatoms. The molecule has 1 aromatic heterocycles. The van der Waals surface area contributed by atoms with Gasteiger partial charge >= 0.3 is 6.18 Å². The van der Waals surface area contributed by atoms with Gasteiger partial charge in [-0.1, -0.05) is 0 Å². The first kappa shape index (κ1) is 24.0. The lowest BCUT2D eigenvalue weighted by molar-refractivity contribution is -0.137. The van der Waals surface area contributed by atoms with Gasteiger partial charge in [0.25, 0.3) is 5.91 Å². The molecule has 4 aliphatic rings. The molecule has 2 aliphatic heterocycles. The maximum Gasteiger partial charge on any atom is 0.416 e. The number of aromatic nitrogens is 1. The Hall–Kier alpha value is -4.12. The van der Waals surface area contributed by atoms with Crippen molar-refractivity contribution in [1.29, 1.82) is 0 Å². The van der Waals surface area contributed by atoms with E-state index < -0.39 is 23.2 Å². The Bertz CT molecular complexity index is 1530. The third-order valence-electron chi connectivity index (χ3n) is 7.84. The van der Waals surface area contributed by atoms with Crippen LogP contribution in [0.2, 0.25) is 0 Å². The van der Waals surface area contributed by atoms with E-state index in [0.29, 0.717) is 54.3 Å². The van der Waals surface area contributed by atoms with Crippen LogP contribution in [-0.2, 0) is 22.9 Å². The van der Waals surface area contributed by atoms with Gasteiger partial charge in [-0.05, 0) is 67.3 Å². The van der Waals surface area contributed by atoms with E-state index in [9.17, 15) is 22.8 Å². The van der Waals surface area contributed by atoms with Crippen molar-refractivity contribution in [2.24, 2.45) is 5.73 Å². The zero-order valence-electron chi connectivity index (χ0n) is 20.5. The first-order valence-corrected chi connectivity index (χ1v) is 12.7. The van der Waals surface area contributed by atoms with Crippen molar-refractivity contribution in [2.45, 2.75) is 55.5 Å². The lowest BCUT2D eigenvalue weighted by Gasteiger charge is -2.19. The predicted molar refractivity (Wildman–Crippen MR) is 133 cm³/mol. The van der Waals surface area contributed by atoms with Gasteiger partial charge in [-0.25, -0.2) is 4.98 Å². The molecule has 8 nitrogen and oxygen atoms in total. The molecule has 3 aromatic rings. The number of halogens is 3. The molecule has 7 rings (SSSR count). The third-order valence-corrected chi connectivity index (χ3v) is 7.84. The van der Waals surface area contributed by atoms with Crippen LogP contribution in [-0.4, -0.2) is 28.9 Å². The van der Waals surface area contributed by atoms with Crippen molar-refractivity contribution in [1.82, 2.24) is 10.3 Å². The summed E-state index contributed by atoms with van der Waals surface area (Å²) in [6, 6.07) is 10.1. The van der Waals surface area contributed by atoms with E-state index in [0.717, 1.165) is 23.3 Å². The van der Waals surface area contributed by atoms with Crippen molar-refractivity contribution in [3.05, 3.63) is 76.5 Å². The molecule has 2 fully saturated rings. The Balaban J connectivity index is 1.09. The predicted octanol–water partition coefficient (Wildman–Crippen LogP) is 4.38. The minimum atomic E-state index is -4.59. The Labute approximate surface area is 220 Å². The average molecular weight is 537 g/mol. The summed E-state index contributed by atoms with van der Waals surface area (Å²) in [5.74, 6) is 1.46. The molecule has 3 heterocycles. The molecular weight excluding hydrogens is 513 g/mol. The van der Waals surface area contributed by atoms with Crippen LogP contribution in [0.15, 0.2) is 48.7 Å². The van der Waals surface area contributed by atoms with Crippen molar-refractivity contribution in [2.75, 3.05) is 5.32 Å². The largest absolute Gasteiger partial charge is 0.487 e. The van der Waals surface area contributed by atoms with E-state index in [4.69, 9.17) is 15.2 Å². The van der Waals surface area contributed by atoms with Crippen LogP contribution >= 0.6 is 0 Å². The summed E-state index contributed by atoms with van der Waals surface area (Å²) >= 11 is 0. The quantitative estimate of drug-likeness (QED) is 0.446. The van der Waals surface area contributed by atoms with Gasteiger partial charge in [0.1, 0.15) is 29.2 Å². The fraction of sp³-hybridized carbons (Fsp3) is 0.321. The first-order chi connectivity index (χ1) is 18.6. The highest BCUT2D eigenvalue weighted by atomic mass is 19.4. The number of hydrogen-bond donors (Lipinski definition) is 3. The number of ether oxygens (including phenoxy) is 2. The SMILES string of the molecule is NC1(c2cc(C(=O)NC3[C@H]4Oc5ccc(Oc6ccnc7c6CCC(=O)N7)cc5[C@@H]34)cc(C(F)(F)F)c2)CC1. The van der Waals surface area contributed by atoms with Crippen LogP contribution in [0.1, 0.15) is 57.8 Å². The Morgan fingerprint density at radius 1 is 1.15 bits per heavy atom. The van der Waals surface area contributed by atoms with Crippen molar-refractivity contribution < 1.29 is 32.2 Å². The molecule has 1 unspecified atom stereocenters. The Morgan fingerprint density at radius 3 is 2.74 bits per heavy atom. The minimum Gasteiger partial charge on any atom is -0.487 e. The van der Waals surface area contributed by atoms with Crippen LogP contribution < -0.4 is 25.8 Å². The lowest BCUT2D eigenvalue weighted by Crippen LogP contribution is -2.31. The smallest absolute Gasteiger partial charge is 0.416 e. The number of carbonyl (C=O) groups excluding carboxylic acids is 2. The van der Waals surface area contributed by atoms with E-state index in [1.807, 2.05) is 6.07 Å². The number of rotatable bonds is 5. The monoisotopic (exact) mass is 536 g/mol. The number of benzene rings is 2. The van der Waals surface area contributed by atoms with Crippen molar-refractivity contribution in [3.63, 3.8) is 0 Å².